The van der Waals surface area contributed by atoms with Crippen molar-refractivity contribution in [2.24, 2.45) is 5.92 Å². The van der Waals surface area contributed by atoms with Crippen LogP contribution >= 0.6 is 0 Å². The monoisotopic (exact) mass is 394 g/mol. The van der Waals surface area contributed by atoms with E-state index in [1.54, 1.807) is 20.5 Å². The summed E-state index contributed by atoms with van der Waals surface area (Å²) in [7, 11) is 3.30. The van der Waals surface area contributed by atoms with Gasteiger partial charge < -0.3 is 14.0 Å². The van der Waals surface area contributed by atoms with Crippen molar-refractivity contribution < 1.29 is 9.47 Å². The molecule has 0 amide bonds. The minimum Gasteiger partial charge on any atom is -0.493 e. The number of hydrogen-bond donors (Lipinski definition) is 0. The summed E-state index contributed by atoms with van der Waals surface area (Å²) >= 11 is 0. The Morgan fingerprint density at radius 2 is 1.83 bits per heavy atom. The Morgan fingerprint density at radius 3 is 2.52 bits per heavy atom. The van der Waals surface area contributed by atoms with Crippen molar-refractivity contribution in [2.75, 3.05) is 14.2 Å². The minimum atomic E-state index is 0.690. The topological polar surface area (TPSA) is 62.1 Å². The van der Waals surface area contributed by atoms with E-state index in [-0.39, 0.29) is 0 Å². The first-order valence-electron chi connectivity index (χ1n) is 10.6. The van der Waals surface area contributed by atoms with Crippen LogP contribution in [0, 0.1) is 12.8 Å². The standard InChI is InChI=1S/C23H30N4O2/c1-5-20-26-22-21(17-13-19(29-4)18(28-3)12-15(17)2)24-14-25-23(22)27(20)11-7-6-8-16-9-10-16/h12-14,16H,5-11H2,1-4H3. The lowest BCUT2D eigenvalue weighted by atomic mass is 10.0. The first-order valence-corrected chi connectivity index (χ1v) is 10.6. The quantitative estimate of drug-likeness (QED) is 0.480. The van der Waals surface area contributed by atoms with Gasteiger partial charge in [-0.15, -0.1) is 0 Å². The molecular weight excluding hydrogens is 364 g/mol. The molecule has 0 radical (unpaired) electrons. The van der Waals surface area contributed by atoms with Crippen molar-refractivity contribution in [1.29, 1.82) is 0 Å². The zero-order valence-corrected chi connectivity index (χ0v) is 17.9. The van der Waals surface area contributed by atoms with Gasteiger partial charge in [-0.2, -0.15) is 0 Å². The number of nitrogens with zero attached hydrogens (tertiary/aromatic N) is 4. The average molecular weight is 395 g/mol. The average Bonchev–Trinajstić information content (AvgIpc) is 3.50. The first-order chi connectivity index (χ1) is 14.2. The van der Waals surface area contributed by atoms with Crippen molar-refractivity contribution in [3.8, 4) is 22.8 Å². The molecule has 0 saturated heterocycles. The molecule has 6 heteroatoms. The van der Waals surface area contributed by atoms with E-state index in [1.807, 2.05) is 12.1 Å². The highest BCUT2D eigenvalue weighted by Crippen LogP contribution is 2.37. The van der Waals surface area contributed by atoms with Gasteiger partial charge in [0.2, 0.25) is 0 Å². The molecule has 0 N–H and O–H groups in total. The van der Waals surface area contributed by atoms with Gasteiger partial charge in [-0.3, -0.25) is 0 Å². The maximum Gasteiger partial charge on any atom is 0.164 e. The molecule has 4 rings (SSSR count). The highest BCUT2D eigenvalue weighted by molar-refractivity contribution is 5.89. The summed E-state index contributed by atoms with van der Waals surface area (Å²) in [5, 5.41) is 0. The maximum absolute atomic E-state index is 5.51. The lowest BCUT2D eigenvalue weighted by molar-refractivity contribution is 0.355. The highest BCUT2D eigenvalue weighted by Gasteiger charge is 2.21. The van der Waals surface area contributed by atoms with Crippen LogP contribution in [0.5, 0.6) is 11.5 Å². The number of ether oxygens (including phenoxy) is 2. The molecule has 1 aromatic carbocycles. The number of fused-ring (bicyclic) bond motifs is 1. The second-order valence-corrected chi connectivity index (χ2v) is 7.89. The van der Waals surface area contributed by atoms with Gasteiger partial charge in [0, 0.05) is 18.5 Å². The van der Waals surface area contributed by atoms with Crippen LogP contribution in [-0.4, -0.2) is 33.7 Å². The first kappa shape index (κ1) is 19.7. The number of aromatic nitrogens is 4. The van der Waals surface area contributed by atoms with Crippen LogP contribution in [0.3, 0.4) is 0 Å². The summed E-state index contributed by atoms with van der Waals surface area (Å²) in [6.45, 7) is 5.17. The molecule has 2 heterocycles. The SMILES string of the molecule is CCc1nc2c(-c3cc(OC)c(OC)cc3C)ncnc2n1CCCCC1CC1. The van der Waals surface area contributed by atoms with Gasteiger partial charge in [-0.25, -0.2) is 15.0 Å². The Hall–Kier alpha value is -2.63. The fraction of sp³-hybridized carbons (Fsp3) is 0.522. The molecule has 1 aliphatic rings. The van der Waals surface area contributed by atoms with E-state index in [2.05, 4.69) is 28.4 Å². The Balaban J connectivity index is 1.72. The van der Waals surface area contributed by atoms with Crippen LogP contribution < -0.4 is 9.47 Å². The molecule has 154 valence electrons. The molecular formula is C23H30N4O2. The number of hydrogen-bond acceptors (Lipinski definition) is 5. The van der Waals surface area contributed by atoms with Crippen molar-refractivity contribution in [2.45, 2.75) is 58.9 Å². The van der Waals surface area contributed by atoms with E-state index in [4.69, 9.17) is 14.5 Å². The van der Waals surface area contributed by atoms with Gasteiger partial charge in [0.05, 0.1) is 14.2 Å². The lowest BCUT2D eigenvalue weighted by Gasteiger charge is -2.12. The Labute approximate surface area is 172 Å². The summed E-state index contributed by atoms with van der Waals surface area (Å²) in [4.78, 5) is 14.1. The zero-order valence-electron chi connectivity index (χ0n) is 17.9. The third-order valence-electron chi connectivity index (χ3n) is 5.85. The van der Waals surface area contributed by atoms with Gasteiger partial charge in [-0.1, -0.05) is 32.6 Å². The molecule has 6 nitrogen and oxygen atoms in total. The smallest absolute Gasteiger partial charge is 0.164 e. The van der Waals surface area contributed by atoms with E-state index >= 15 is 0 Å². The third-order valence-corrected chi connectivity index (χ3v) is 5.85. The second kappa shape index (κ2) is 8.39. The van der Waals surface area contributed by atoms with Gasteiger partial charge in [-0.05, 0) is 37.0 Å². The predicted octanol–water partition coefficient (Wildman–Crippen LogP) is 4.96. The van der Waals surface area contributed by atoms with Crippen LogP contribution in [0.25, 0.3) is 22.4 Å². The van der Waals surface area contributed by atoms with Gasteiger partial charge in [0.15, 0.2) is 17.1 Å². The van der Waals surface area contributed by atoms with Crippen LogP contribution in [0.15, 0.2) is 18.5 Å². The number of unbranched alkanes of at least 4 members (excludes halogenated alkanes) is 1. The molecule has 1 aliphatic carbocycles. The van der Waals surface area contributed by atoms with Gasteiger partial charge in [0.25, 0.3) is 0 Å². The van der Waals surface area contributed by atoms with E-state index in [9.17, 15) is 0 Å². The lowest BCUT2D eigenvalue weighted by Crippen LogP contribution is -2.04. The maximum atomic E-state index is 5.51. The van der Waals surface area contributed by atoms with Crippen LogP contribution in [-0.2, 0) is 13.0 Å². The number of methoxy groups -OCH3 is 2. The third kappa shape index (κ3) is 3.93. The summed E-state index contributed by atoms with van der Waals surface area (Å²) in [5.74, 6) is 3.47. The molecule has 1 fully saturated rings. The summed E-state index contributed by atoms with van der Waals surface area (Å²) in [5.41, 5.74) is 4.70. The Morgan fingerprint density at radius 1 is 1.07 bits per heavy atom. The van der Waals surface area contributed by atoms with Crippen LogP contribution in [0.4, 0.5) is 0 Å². The Bertz CT molecular complexity index is 1010. The largest absolute Gasteiger partial charge is 0.493 e. The molecule has 0 aliphatic heterocycles. The van der Waals surface area contributed by atoms with Crippen LogP contribution in [0.2, 0.25) is 0 Å². The van der Waals surface area contributed by atoms with Gasteiger partial charge in [0.1, 0.15) is 23.4 Å². The molecule has 0 bridgehead atoms. The van der Waals surface area contributed by atoms with Crippen molar-refractivity contribution in [3.05, 3.63) is 29.8 Å². The van der Waals surface area contributed by atoms with Crippen LogP contribution in [0.1, 0.15) is 50.4 Å². The normalized spacial score (nSPS) is 13.8. The highest BCUT2D eigenvalue weighted by atomic mass is 16.5. The molecule has 2 aromatic heterocycles. The molecule has 0 spiro atoms. The van der Waals surface area contributed by atoms with E-state index in [0.717, 1.165) is 58.4 Å². The van der Waals surface area contributed by atoms with E-state index < -0.39 is 0 Å². The molecule has 0 atom stereocenters. The second-order valence-electron chi connectivity index (χ2n) is 7.89. The number of rotatable bonds is 9. The fourth-order valence-electron chi connectivity index (χ4n) is 4.03. The van der Waals surface area contributed by atoms with E-state index in [0.29, 0.717) is 5.75 Å². The predicted molar refractivity (Wildman–Crippen MR) is 115 cm³/mol. The Kier molecular flexibility index (Phi) is 5.69. The molecule has 3 aromatic rings. The number of imidazole rings is 1. The summed E-state index contributed by atoms with van der Waals surface area (Å²) in [6.07, 6.45) is 9.19. The molecule has 1 saturated carbocycles. The number of benzene rings is 1. The molecule has 29 heavy (non-hydrogen) atoms. The summed E-state index contributed by atoms with van der Waals surface area (Å²) in [6, 6.07) is 3.97. The van der Waals surface area contributed by atoms with Crippen molar-refractivity contribution in [1.82, 2.24) is 19.5 Å². The molecule has 0 unspecified atom stereocenters. The fourth-order valence-corrected chi connectivity index (χ4v) is 4.03. The van der Waals surface area contributed by atoms with Crippen molar-refractivity contribution in [3.63, 3.8) is 0 Å². The minimum absolute atomic E-state index is 0.690. The van der Waals surface area contributed by atoms with Gasteiger partial charge >= 0.3 is 0 Å². The van der Waals surface area contributed by atoms with E-state index in [1.165, 1.54) is 32.1 Å². The zero-order chi connectivity index (χ0) is 20.4. The number of aryl methyl sites for hydroxylation is 3. The van der Waals surface area contributed by atoms with Crippen molar-refractivity contribution >= 4 is 11.2 Å². The summed E-state index contributed by atoms with van der Waals surface area (Å²) < 4.78 is 13.2.